The van der Waals surface area contributed by atoms with Crippen molar-refractivity contribution in [3.63, 3.8) is 0 Å². The van der Waals surface area contributed by atoms with Gasteiger partial charge in [0, 0.05) is 16.6 Å². The lowest BCUT2D eigenvalue weighted by Crippen LogP contribution is -2.32. The third-order valence-corrected chi connectivity index (χ3v) is 2.74. The van der Waals surface area contributed by atoms with E-state index in [2.05, 4.69) is 21.2 Å². The van der Waals surface area contributed by atoms with Crippen molar-refractivity contribution in [1.29, 1.82) is 0 Å². The molecule has 0 unspecified atom stereocenters. The Hall–Kier alpha value is -0.610. The molecule has 16 heavy (non-hydrogen) atoms. The van der Waals surface area contributed by atoms with Crippen LogP contribution in [0, 0.1) is 5.82 Å². The van der Waals surface area contributed by atoms with Crippen molar-refractivity contribution >= 4 is 21.6 Å². The van der Waals surface area contributed by atoms with Crippen LogP contribution >= 0.6 is 15.9 Å². The van der Waals surface area contributed by atoms with E-state index in [0.29, 0.717) is 5.69 Å². The molecule has 0 atom stereocenters. The van der Waals surface area contributed by atoms with Gasteiger partial charge in [-0.25, -0.2) is 4.39 Å². The molecule has 0 radical (unpaired) electrons. The lowest BCUT2D eigenvalue weighted by atomic mass is 10.0. The summed E-state index contributed by atoms with van der Waals surface area (Å²) in [5.41, 5.74) is 6.24. The van der Waals surface area contributed by atoms with Gasteiger partial charge < -0.3 is 11.1 Å². The highest BCUT2D eigenvalue weighted by Crippen LogP contribution is 2.20. The van der Waals surface area contributed by atoms with Crippen LogP contribution in [0.1, 0.15) is 26.7 Å². The number of benzene rings is 1. The molecule has 0 saturated carbocycles. The van der Waals surface area contributed by atoms with E-state index in [0.717, 1.165) is 23.9 Å². The molecule has 0 heterocycles. The van der Waals surface area contributed by atoms with Gasteiger partial charge >= 0.3 is 0 Å². The van der Waals surface area contributed by atoms with Crippen LogP contribution in [-0.2, 0) is 0 Å². The number of anilines is 1. The van der Waals surface area contributed by atoms with Gasteiger partial charge in [0.1, 0.15) is 5.82 Å². The Balaban J connectivity index is 2.40. The number of nitrogens with one attached hydrogen (secondary N) is 1. The fraction of sp³-hybridized carbons (Fsp3) is 0.500. The number of nitrogens with two attached hydrogens (primary N) is 1. The van der Waals surface area contributed by atoms with Gasteiger partial charge in [0.15, 0.2) is 0 Å². The van der Waals surface area contributed by atoms with E-state index < -0.39 is 0 Å². The molecule has 4 heteroatoms. The molecule has 0 bridgehead atoms. The Morgan fingerprint density at radius 1 is 1.44 bits per heavy atom. The summed E-state index contributed by atoms with van der Waals surface area (Å²) in [4.78, 5) is 0. The fourth-order valence-corrected chi connectivity index (χ4v) is 1.76. The zero-order chi connectivity index (χ0) is 12.2. The highest BCUT2D eigenvalue weighted by Gasteiger charge is 2.09. The summed E-state index contributed by atoms with van der Waals surface area (Å²) in [6.07, 6.45) is 1.84. The molecular weight excluding hydrogens is 271 g/mol. The van der Waals surface area contributed by atoms with Gasteiger partial charge in [0.05, 0.1) is 5.69 Å². The maximum Gasteiger partial charge on any atom is 0.146 e. The third-order valence-electron chi connectivity index (χ3n) is 2.24. The minimum atomic E-state index is -0.227. The first-order chi connectivity index (χ1) is 7.38. The minimum absolute atomic E-state index is 0.155. The molecule has 0 aromatic heterocycles. The number of rotatable bonds is 5. The largest absolute Gasteiger partial charge is 0.383 e. The van der Waals surface area contributed by atoms with Gasteiger partial charge in [-0.3, -0.25) is 0 Å². The van der Waals surface area contributed by atoms with Crippen molar-refractivity contribution in [3.05, 3.63) is 28.5 Å². The Bertz CT molecular complexity index is 347. The van der Waals surface area contributed by atoms with Gasteiger partial charge in [0.25, 0.3) is 0 Å². The van der Waals surface area contributed by atoms with Gasteiger partial charge in [-0.2, -0.15) is 0 Å². The molecule has 0 aliphatic heterocycles. The fourth-order valence-electron chi connectivity index (χ4n) is 1.40. The zero-order valence-corrected chi connectivity index (χ0v) is 11.3. The summed E-state index contributed by atoms with van der Waals surface area (Å²) < 4.78 is 14.2. The van der Waals surface area contributed by atoms with E-state index >= 15 is 0 Å². The monoisotopic (exact) mass is 288 g/mol. The van der Waals surface area contributed by atoms with Crippen molar-refractivity contribution in [1.82, 2.24) is 0 Å². The van der Waals surface area contributed by atoms with E-state index in [4.69, 9.17) is 5.73 Å². The minimum Gasteiger partial charge on any atom is -0.383 e. The van der Waals surface area contributed by atoms with Crippen LogP contribution in [0.15, 0.2) is 22.7 Å². The summed E-state index contributed by atoms with van der Waals surface area (Å²) >= 11 is 3.31. The van der Waals surface area contributed by atoms with Crippen molar-refractivity contribution in [2.24, 2.45) is 5.73 Å². The Morgan fingerprint density at radius 3 is 2.75 bits per heavy atom. The molecule has 0 aliphatic rings. The SMILES string of the molecule is CC(C)(N)CCCNc1cc(Br)ccc1F. The normalized spacial score (nSPS) is 11.6. The quantitative estimate of drug-likeness (QED) is 0.814. The summed E-state index contributed by atoms with van der Waals surface area (Å²) in [6.45, 7) is 4.72. The van der Waals surface area contributed by atoms with Gasteiger partial charge in [-0.15, -0.1) is 0 Å². The van der Waals surface area contributed by atoms with Crippen LogP contribution in [-0.4, -0.2) is 12.1 Å². The molecule has 1 aromatic carbocycles. The van der Waals surface area contributed by atoms with Crippen LogP contribution in [0.3, 0.4) is 0 Å². The van der Waals surface area contributed by atoms with Gasteiger partial charge in [-0.05, 0) is 44.9 Å². The molecule has 1 aromatic rings. The molecule has 0 aliphatic carbocycles. The highest BCUT2D eigenvalue weighted by atomic mass is 79.9. The summed E-state index contributed by atoms with van der Waals surface area (Å²) in [5, 5.41) is 3.07. The number of halogens is 2. The maximum absolute atomic E-state index is 13.3. The lowest BCUT2D eigenvalue weighted by Gasteiger charge is -2.18. The van der Waals surface area contributed by atoms with Crippen LogP contribution in [0.5, 0.6) is 0 Å². The smallest absolute Gasteiger partial charge is 0.146 e. The molecule has 0 saturated heterocycles. The average Bonchev–Trinajstić information content (AvgIpc) is 2.16. The average molecular weight is 289 g/mol. The van der Waals surface area contributed by atoms with E-state index in [1.54, 1.807) is 12.1 Å². The van der Waals surface area contributed by atoms with E-state index in [9.17, 15) is 4.39 Å². The van der Waals surface area contributed by atoms with Crippen molar-refractivity contribution in [2.75, 3.05) is 11.9 Å². The Labute approximate surface area is 105 Å². The van der Waals surface area contributed by atoms with Crippen LogP contribution in [0.2, 0.25) is 0 Å². The van der Waals surface area contributed by atoms with Crippen LogP contribution < -0.4 is 11.1 Å². The summed E-state index contributed by atoms with van der Waals surface area (Å²) in [5.74, 6) is -0.227. The second-order valence-electron chi connectivity index (χ2n) is 4.64. The van der Waals surface area contributed by atoms with Gasteiger partial charge in [-0.1, -0.05) is 15.9 Å². The topological polar surface area (TPSA) is 38.0 Å². The zero-order valence-electron chi connectivity index (χ0n) is 9.69. The number of hydrogen-bond acceptors (Lipinski definition) is 2. The predicted molar refractivity (Wildman–Crippen MR) is 70.1 cm³/mol. The third kappa shape index (κ3) is 4.94. The van der Waals surface area contributed by atoms with Crippen molar-refractivity contribution < 1.29 is 4.39 Å². The maximum atomic E-state index is 13.3. The summed E-state index contributed by atoms with van der Waals surface area (Å²) in [7, 11) is 0. The van der Waals surface area contributed by atoms with Gasteiger partial charge in [0.2, 0.25) is 0 Å². The molecule has 0 fully saturated rings. The molecule has 2 nitrogen and oxygen atoms in total. The molecule has 90 valence electrons. The predicted octanol–water partition coefficient (Wildman–Crippen LogP) is 3.52. The van der Waals surface area contributed by atoms with Crippen molar-refractivity contribution in [3.8, 4) is 0 Å². The van der Waals surface area contributed by atoms with Crippen LogP contribution in [0.4, 0.5) is 10.1 Å². The number of hydrogen-bond donors (Lipinski definition) is 2. The summed E-state index contributed by atoms with van der Waals surface area (Å²) in [6, 6.07) is 4.87. The Morgan fingerprint density at radius 2 is 2.12 bits per heavy atom. The Kier molecular flexibility index (Phi) is 4.74. The van der Waals surface area contributed by atoms with E-state index in [1.165, 1.54) is 6.07 Å². The first-order valence-corrected chi connectivity index (χ1v) is 6.15. The van der Waals surface area contributed by atoms with E-state index in [1.807, 2.05) is 13.8 Å². The molecule has 0 amide bonds. The molecular formula is C12H18BrFN2. The lowest BCUT2D eigenvalue weighted by molar-refractivity contribution is 0.465. The standard InChI is InChI=1S/C12H18BrFN2/c1-12(2,15)6-3-7-16-11-8-9(13)4-5-10(11)14/h4-5,8,16H,3,6-7,15H2,1-2H3. The second kappa shape index (κ2) is 5.64. The molecule has 1 rings (SSSR count). The second-order valence-corrected chi connectivity index (χ2v) is 5.56. The first-order valence-electron chi connectivity index (χ1n) is 5.36. The molecule has 3 N–H and O–H groups in total. The first kappa shape index (κ1) is 13.5. The molecule has 0 spiro atoms. The van der Waals surface area contributed by atoms with Crippen LogP contribution in [0.25, 0.3) is 0 Å². The van der Waals surface area contributed by atoms with Crippen molar-refractivity contribution in [2.45, 2.75) is 32.2 Å². The van der Waals surface area contributed by atoms with E-state index in [-0.39, 0.29) is 11.4 Å². The highest BCUT2D eigenvalue weighted by molar-refractivity contribution is 9.10.